The molecule has 0 bridgehead atoms. The Hall–Kier alpha value is -1.39. The number of anilines is 1. The third-order valence-electron chi connectivity index (χ3n) is 5.97. The van der Waals surface area contributed by atoms with Gasteiger partial charge in [-0.2, -0.15) is 4.31 Å². The van der Waals surface area contributed by atoms with Gasteiger partial charge in [-0.05, 0) is 0 Å². The molecule has 2 aliphatic rings. The van der Waals surface area contributed by atoms with E-state index in [0.717, 1.165) is 6.33 Å². The molecule has 19 nitrogen and oxygen atoms in total. The van der Waals surface area contributed by atoms with Crippen molar-refractivity contribution < 1.29 is 71.9 Å². The second kappa shape index (κ2) is 12.1. The monoisotopic (exact) mass is 637 g/mol. The van der Waals surface area contributed by atoms with Gasteiger partial charge in [0.25, 0.3) is 0 Å². The molecule has 9 N–H and O–H groups in total. The van der Waals surface area contributed by atoms with Gasteiger partial charge in [-0.25, -0.2) is 28.5 Å². The number of fused-ring (bicyclic) bond motifs is 1. The number of nitrogen functional groups attached to an aromatic ring is 1. The van der Waals surface area contributed by atoms with Crippen molar-refractivity contribution in [1.29, 1.82) is 0 Å². The highest BCUT2D eigenvalue weighted by Crippen LogP contribution is 2.66. The number of nitrogens with two attached hydrogens (primary N) is 1. The Bertz CT molecular complexity index is 1300. The quantitative estimate of drug-likeness (QED) is 0.0949. The number of ether oxygens (including phenoxy) is 2. The fourth-order valence-electron chi connectivity index (χ4n) is 3.98. The molecule has 0 radical (unpaired) electrons. The van der Waals surface area contributed by atoms with Crippen molar-refractivity contribution in [3.63, 3.8) is 0 Å². The molecule has 4 heterocycles. The van der Waals surface area contributed by atoms with Crippen LogP contribution in [0.25, 0.3) is 11.2 Å². The Morgan fingerprint density at radius 1 is 1.12 bits per heavy atom. The first-order chi connectivity index (χ1) is 18.7. The summed E-state index contributed by atoms with van der Waals surface area (Å²) in [7, 11) is -5.51. The lowest BCUT2D eigenvalue weighted by Gasteiger charge is -2.41. The summed E-state index contributed by atoms with van der Waals surface area (Å²) in [5, 5.41) is 59.0. The van der Waals surface area contributed by atoms with Crippen LogP contribution in [0.5, 0.6) is 0 Å². The van der Waals surface area contributed by atoms with Crippen molar-refractivity contribution in [3.8, 4) is 0 Å². The smallest absolute Gasteiger partial charge is 0.394 e. The Balaban J connectivity index is 1.38. The molecular weight excluding hydrogens is 611 g/mol. The predicted octanol–water partition coefficient (Wildman–Crippen LogP) is -2.65. The molecule has 0 amide bonds. The highest BCUT2D eigenvalue weighted by molar-refractivity contribution is 8.45. The summed E-state index contributed by atoms with van der Waals surface area (Å²) in [6, 6.07) is 0. The molecule has 2 aromatic heterocycles. The molecule has 2 aromatic rings. The number of hydrogen-bond donors (Lipinski definition) is 9. The molecule has 0 spiro atoms. The zero-order valence-corrected chi connectivity index (χ0v) is 22.6. The van der Waals surface area contributed by atoms with Gasteiger partial charge >= 0.3 is 14.6 Å². The van der Waals surface area contributed by atoms with Crippen LogP contribution in [0, 0.1) is 0 Å². The Morgan fingerprint density at radius 2 is 1.82 bits per heavy atom. The first-order valence-corrected chi connectivity index (χ1v) is 15.4. The summed E-state index contributed by atoms with van der Waals surface area (Å²) in [6.07, 6.45) is -16.6. The summed E-state index contributed by atoms with van der Waals surface area (Å²) in [5.74, 6) is 0.0219. The van der Waals surface area contributed by atoms with E-state index in [1.807, 2.05) is 0 Å². The van der Waals surface area contributed by atoms with Gasteiger partial charge in [0, 0.05) is 0 Å². The lowest BCUT2D eigenvalue weighted by molar-refractivity contribution is -0.292. The Morgan fingerprint density at radius 3 is 2.50 bits per heavy atom. The van der Waals surface area contributed by atoms with Crippen molar-refractivity contribution in [3.05, 3.63) is 12.7 Å². The van der Waals surface area contributed by atoms with Crippen LogP contribution in [0.1, 0.15) is 6.23 Å². The standard InChI is InChI=1S/C17H26FN5O14P2S/c18-7-6(34-16(9(7)26)23-4-22-8-14(19)20-3-21-15(8)23)2-33-39(32,40)37-38(30,31)36-17-12(29)10(27)11(28)13(35-17)5(25)1-24/h3-7,9-13,16-17,24-29H,1-2H2,(H,30,31)(H,32,40)(H2,19,20,21)/t5-,6-,7-,9-,10+,11+,12+,13-,16-,17+,39?/m1/s1. The van der Waals surface area contributed by atoms with Gasteiger partial charge in [0.2, 0.25) is 0 Å². The molecule has 226 valence electrons. The minimum Gasteiger partial charge on any atom is -0.394 e. The molecular formula is C17H26FN5O14P2S. The maximum absolute atomic E-state index is 14.8. The van der Waals surface area contributed by atoms with Crippen molar-refractivity contribution in [2.45, 2.75) is 61.4 Å². The van der Waals surface area contributed by atoms with E-state index in [1.54, 1.807) is 0 Å². The summed E-state index contributed by atoms with van der Waals surface area (Å²) in [6.45, 7) is -6.74. The number of thiol groups is 1. The number of alkyl halides is 1. The van der Waals surface area contributed by atoms with E-state index in [0.29, 0.717) is 0 Å². The van der Waals surface area contributed by atoms with Gasteiger partial charge in [0.05, 0.1) is 19.5 Å². The SMILES string of the molecule is Nc1ncnc2c1ncn2[C@@H]1O[C@H](COP(=O)(S)OP(=O)(O)O[C@@H]2O[C@H]([C@H](O)CO)[C@@H](O)[C@H](O)[C@@H]2O)[C@@H](F)[C@H]1O. The largest absolute Gasteiger partial charge is 0.482 e. The number of aromatic nitrogens is 4. The highest BCUT2D eigenvalue weighted by atomic mass is 32.7. The van der Waals surface area contributed by atoms with E-state index in [2.05, 4.69) is 36.0 Å². The van der Waals surface area contributed by atoms with Crippen molar-refractivity contribution >= 4 is 43.9 Å². The molecule has 0 aliphatic carbocycles. The second-order valence-corrected chi connectivity index (χ2v) is 13.2. The van der Waals surface area contributed by atoms with Crippen LogP contribution in [0.3, 0.4) is 0 Å². The predicted molar refractivity (Wildman–Crippen MR) is 129 cm³/mol. The number of imidazole rings is 1. The van der Waals surface area contributed by atoms with Crippen LogP contribution in [0.2, 0.25) is 0 Å². The van der Waals surface area contributed by atoms with Crippen molar-refractivity contribution in [2.24, 2.45) is 0 Å². The average molecular weight is 637 g/mol. The lowest BCUT2D eigenvalue weighted by Crippen LogP contribution is -2.61. The van der Waals surface area contributed by atoms with E-state index in [4.69, 9.17) is 24.8 Å². The molecule has 4 rings (SSSR count). The zero-order valence-electron chi connectivity index (χ0n) is 19.9. The Kier molecular flexibility index (Phi) is 9.52. The molecule has 0 aromatic carbocycles. The zero-order chi connectivity index (χ0) is 29.6. The summed E-state index contributed by atoms with van der Waals surface area (Å²) in [5.41, 5.74) is 5.99. The molecule has 2 unspecified atom stereocenters. The normalized spacial score (nSPS) is 36.8. The minimum atomic E-state index is -5.51. The Labute approximate surface area is 228 Å². The van der Waals surface area contributed by atoms with E-state index in [9.17, 15) is 43.9 Å². The van der Waals surface area contributed by atoms with Crippen LogP contribution < -0.4 is 5.73 Å². The number of hydrogen-bond acceptors (Lipinski definition) is 17. The lowest BCUT2D eigenvalue weighted by atomic mass is 9.96. The molecule has 2 saturated heterocycles. The average Bonchev–Trinajstić information content (AvgIpc) is 3.43. The topological polar surface area (TPSA) is 292 Å². The first-order valence-electron chi connectivity index (χ1n) is 11.2. The van der Waals surface area contributed by atoms with Gasteiger partial charge in [-0.3, -0.25) is 13.6 Å². The number of phosphoric ester groups is 1. The van der Waals surface area contributed by atoms with Crippen LogP contribution in [0.4, 0.5) is 10.2 Å². The number of rotatable bonds is 10. The summed E-state index contributed by atoms with van der Waals surface area (Å²) >= 11 is 3.53. The summed E-state index contributed by atoms with van der Waals surface area (Å²) in [4.78, 5) is 21.7. The van der Waals surface area contributed by atoms with Crippen LogP contribution in [-0.2, 0) is 32.0 Å². The third kappa shape index (κ3) is 6.48. The third-order valence-corrected chi connectivity index (χ3v) is 9.57. The van der Waals surface area contributed by atoms with E-state index in [1.165, 1.54) is 10.9 Å². The van der Waals surface area contributed by atoms with E-state index >= 15 is 0 Å². The highest BCUT2D eigenvalue weighted by Gasteiger charge is 2.51. The summed E-state index contributed by atoms with van der Waals surface area (Å²) < 4.78 is 65.3. The fourth-order valence-corrected chi connectivity index (χ4v) is 7.17. The van der Waals surface area contributed by atoms with Gasteiger partial charge in [-0.15, -0.1) is 0 Å². The van der Waals surface area contributed by atoms with Crippen LogP contribution in [0.15, 0.2) is 12.7 Å². The van der Waals surface area contributed by atoms with Gasteiger partial charge in [0.1, 0.15) is 54.6 Å². The van der Waals surface area contributed by atoms with Gasteiger partial charge in [0.15, 0.2) is 30.2 Å². The molecule has 40 heavy (non-hydrogen) atoms. The maximum Gasteiger partial charge on any atom is 0.482 e. The van der Waals surface area contributed by atoms with E-state index in [-0.39, 0.29) is 17.0 Å². The fraction of sp³-hybridized carbons (Fsp3) is 0.706. The molecule has 23 heteroatoms. The number of aliphatic hydroxyl groups is 6. The van der Waals surface area contributed by atoms with Crippen molar-refractivity contribution in [2.75, 3.05) is 18.9 Å². The van der Waals surface area contributed by atoms with E-state index < -0.39 is 89.3 Å². The second-order valence-electron chi connectivity index (χ2n) is 8.69. The minimum absolute atomic E-state index is 0.0219. The van der Waals surface area contributed by atoms with Crippen molar-refractivity contribution in [1.82, 2.24) is 19.5 Å². The molecule has 2 aliphatic heterocycles. The molecule has 2 fully saturated rings. The number of halogens is 1. The number of aliphatic hydroxyl groups excluding tert-OH is 6. The molecule has 12 atom stereocenters. The van der Waals surface area contributed by atoms with Gasteiger partial charge in [-0.1, -0.05) is 12.2 Å². The van der Waals surface area contributed by atoms with Crippen LogP contribution >= 0.6 is 26.9 Å². The molecule has 0 saturated carbocycles. The van der Waals surface area contributed by atoms with Gasteiger partial charge < -0.3 is 50.7 Å². The van der Waals surface area contributed by atoms with Crippen LogP contribution in [-0.4, -0.2) is 123 Å². The maximum atomic E-state index is 14.8. The number of nitrogens with zero attached hydrogens (tertiary/aromatic N) is 4. The number of phosphoric acid groups is 1. The first kappa shape index (κ1) is 31.5.